The summed E-state index contributed by atoms with van der Waals surface area (Å²) in [6, 6.07) is 24.3. The molecule has 3 aromatic carbocycles. The second-order valence-corrected chi connectivity index (χ2v) is 11.0. The summed E-state index contributed by atoms with van der Waals surface area (Å²) < 4.78 is 11.0. The van der Waals surface area contributed by atoms with Crippen molar-refractivity contribution in [2.75, 3.05) is 0 Å². The smallest absolute Gasteiger partial charge is 0.331 e. The molecule has 0 saturated heterocycles. The predicted molar refractivity (Wildman–Crippen MR) is 167 cm³/mol. The molecular weight excluding hydrogens is 572 g/mol. The second kappa shape index (κ2) is 14.5. The summed E-state index contributed by atoms with van der Waals surface area (Å²) in [5.41, 5.74) is 4.15. The van der Waals surface area contributed by atoms with Gasteiger partial charge in [0.25, 0.3) is 5.95 Å². The molecular formula is C36H34N2O7. The van der Waals surface area contributed by atoms with Crippen LogP contribution in [0.1, 0.15) is 24.5 Å². The van der Waals surface area contributed by atoms with Gasteiger partial charge >= 0.3 is 17.9 Å². The Morgan fingerprint density at radius 1 is 0.844 bits per heavy atom. The van der Waals surface area contributed by atoms with Gasteiger partial charge in [-0.1, -0.05) is 109 Å². The zero-order valence-corrected chi connectivity index (χ0v) is 24.7. The summed E-state index contributed by atoms with van der Waals surface area (Å²) in [5, 5.41) is 15.1. The van der Waals surface area contributed by atoms with Crippen LogP contribution in [0.4, 0.5) is 0 Å². The first-order valence-corrected chi connectivity index (χ1v) is 14.8. The third-order valence-electron chi connectivity index (χ3n) is 7.56. The number of carbonyl (C=O) groups is 4. The Bertz CT molecular complexity index is 1630. The van der Waals surface area contributed by atoms with Crippen LogP contribution in [-0.4, -0.2) is 47.0 Å². The summed E-state index contributed by atoms with van der Waals surface area (Å²) >= 11 is 0. The van der Waals surface area contributed by atoms with Gasteiger partial charge in [-0.3, -0.25) is 19.7 Å². The minimum atomic E-state index is -1.04. The Kier molecular flexibility index (Phi) is 10.0. The molecule has 3 N–H and O–H groups in total. The first kappa shape index (κ1) is 31.2. The van der Waals surface area contributed by atoms with E-state index < -0.39 is 47.9 Å². The number of nitrogens with one attached hydrogen (secondary N) is 2. The maximum atomic E-state index is 13.8. The lowest BCUT2D eigenvalue weighted by Crippen LogP contribution is -2.54. The van der Waals surface area contributed by atoms with E-state index in [0.29, 0.717) is 5.57 Å². The van der Waals surface area contributed by atoms with Gasteiger partial charge in [-0.2, -0.15) is 0 Å². The van der Waals surface area contributed by atoms with Gasteiger partial charge < -0.3 is 19.9 Å². The first-order valence-electron chi connectivity index (χ1n) is 14.8. The lowest BCUT2D eigenvalue weighted by Gasteiger charge is -2.26. The summed E-state index contributed by atoms with van der Waals surface area (Å²) in [4.78, 5) is 51.0. The van der Waals surface area contributed by atoms with Crippen molar-refractivity contribution >= 4 is 23.8 Å². The van der Waals surface area contributed by atoms with Crippen LogP contribution in [0.25, 0.3) is 11.1 Å². The van der Waals surface area contributed by atoms with E-state index in [0.717, 1.165) is 22.3 Å². The number of carboxylic acid groups (broad SMARTS) is 1. The van der Waals surface area contributed by atoms with Crippen LogP contribution in [0, 0.1) is 5.92 Å². The number of rotatable bonds is 13. The molecule has 0 radical (unpaired) electrons. The van der Waals surface area contributed by atoms with Crippen molar-refractivity contribution in [3.8, 4) is 11.1 Å². The third-order valence-corrected chi connectivity index (χ3v) is 7.56. The van der Waals surface area contributed by atoms with Gasteiger partial charge in [0.1, 0.15) is 12.0 Å². The number of ether oxygens (including phenoxy) is 2. The minimum absolute atomic E-state index is 0.160. The fraction of sp³-hybridized carbons (Fsp3) is 0.222. The third kappa shape index (κ3) is 8.21. The maximum absolute atomic E-state index is 13.8. The van der Waals surface area contributed by atoms with Gasteiger partial charge in [0, 0.05) is 6.04 Å². The highest BCUT2D eigenvalue weighted by Gasteiger charge is 2.38. The SMILES string of the molecule is C[C@H](CC(=O)O)NC(=O)[C@H](Cc1ccccc1)NC(Cc1ccc(-c2ccccc2)cc1)C(=O)OC1=C2C=CC=CC2C(=O)O1. The monoisotopic (exact) mass is 606 g/mol. The molecule has 1 amide bonds. The number of amides is 1. The minimum Gasteiger partial charge on any atom is -0.481 e. The number of carbonyl (C=O) groups excluding carboxylic acids is 3. The van der Waals surface area contributed by atoms with Crippen molar-refractivity contribution in [2.45, 2.75) is 44.3 Å². The molecule has 3 aromatic rings. The van der Waals surface area contributed by atoms with Crippen LogP contribution in [0.15, 0.2) is 121 Å². The Morgan fingerprint density at radius 3 is 2.16 bits per heavy atom. The van der Waals surface area contributed by atoms with Gasteiger partial charge in [0.15, 0.2) is 0 Å². The molecule has 0 aromatic heterocycles. The van der Waals surface area contributed by atoms with Crippen molar-refractivity contribution in [3.05, 3.63) is 132 Å². The molecule has 2 unspecified atom stereocenters. The predicted octanol–water partition coefficient (Wildman–Crippen LogP) is 4.50. The van der Waals surface area contributed by atoms with E-state index in [-0.39, 0.29) is 25.2 Å². The molecule has 2 aliphatic rings. The molecule has 4 atom stereocenters. The van der Waals surface area contributed by atoms with E-state index in [2.05, 4.69) is 10.6 Å². The number of fused-ring (bicyclic) bond motifs is 1. The zero-order valence-electron chi connectivity index (χ0n) is 24.7. The highest BCUT2D eigenvalue weighted by molar-refractivity contribution is 5.87. The number of aliphatic carboxylic acids is 1. The van der Waals surface area contributed by atoms with Crippen LogP contribution in [-0.2, 0) is 41.5 Å². The lowest BCUT2D eigenvalue weighted by molar-refractivity contribution is -0.153. The molecule has 0 bridgehead atoms. The van der Waals surface area contributed by atoms with E-state index in [1.54, 1.807) is 31.2 Å². The van der Waals surface area contributed by atoms with Crippen LogP contribution in [0.3, 0.4) is 0 Å². The topological polar surface area (TPSA) is 131 Å². The molecule has 1 aliphatic heterocycles. The highest BCUT2D eigenvalue weighted by Crippen LogP contribution is 2.32. The van der Waals surface area contributed by atoms with E-state index in [9.17, 15) is 24.3 Å². The molecule has 1 heterocycles. The number of benzene rings is 3. The van der Waals surface area contributed by atoms with Crippen LogP contribution in [0.2, 0.25) is 0 Å². The van der Waals surface area contributed by atoms with Crippen LogP contribution in [0.5, 0.6) is 0 Å². The fourth-order valence-corrected chi connectivity index (χ4v) is 5.28. The largest absolute Gasteiger partial charge is 0.481 e. The number of carboxylic acids is 1. The standard InChI is InChI=1S/C36H34N2O7/c1-23(20-32(39)40)37-33(41)30(21-24-10-4-2-5-11-24)38-31(22-25-16-18-27(19-17-25)26-12-6-3-7-13-26)35(43)45-36-29-15-9-8-14-28(29)34(42)44-36/h2-19,23,28,30-31,38H,20-22H2,1H3,(H,37,41)(H,39,40)/t23-,28?,30+,31?/m1/s1. The quantitative estimate of drug-likeness (QED) is 0.243. The molecule has 0 fully saturated rings. The van der Waals surface area contributed by atoms with Gasteiger partial charge in [-0.15, -0.1) is 0 Å². The van der Waals surface area contributed by atoms with Crippen molar-refractivity contribution in [1.82, 2.24) is 10.6 Å². The highest BCUT2D eigenvalue weighted by atomic mass is 16.7. The van der Waals surface area contributed by atoms with Gasteiger partial charge in [0.05, 0.1) is 18.0 Å². The van der Waals surface area contributed by atoms with Crippen molar-refractivity contribution in [1.29, 1.82) is 0 Å². The van der Waals surface area contributed by atoms with Crippen molar-refractivity contribution in [2.24, 2.45) is 5.92 Å². The summed E-state index contributed by atoms with van der Waals surface area (Å²) in [7, 11) is 0. The van der Waals surface area contributed by atoms with Gasteiger partial charge in [0.2, 0.25) is 5.91 Å². The van der Waals surface area contributed by atoms with Crippen LogP contribution < -0.4 is 10.6 Å². The normalized spacial score (nSPS) is 17.2. The Labute approximate surface area is 261 Å². The van der Waals surface area contributed by atoms with E-state index in [1.165, 1.54) is 0 Å². The second-order valence-electron chi connectivity index (χ2n) is 11.0. The Hall–Kier alpha value is -5.28. The number of hydrogen-bond acceptors (Lipinski definition) is 7. The zero-order chi connectivity index (χ0) is 31.8. The summed E-state index contributed by atoms with van der Waals surface area (Å²) in [6.45, 7) is 1.61. The molecule has 9 nitrogen and oxygen atoms in total. The fourth-order valence-electron chi connectivity index (χ4n) is 5.28. The van der Waals surface area contributed by atoms with Crippen LogP contribution >= 0.6 is 0 Å². The molecule has 1 aliphatic carbocycles. The van der Waals surface area contributed by atoms with E-state index >= 15 is 0 Å². The Morgan fingerprint density at radius 2 is 1.47 bits per heavy atom. The number of cyclic esters (lactones) is 1. The molecule has 5 rings (SSSR count). The molecule has 0 saturated carbocycles. The molecule has 0 spiro atoms. The van der Waals surface area contributed by atoms with E-state index in [1.807, 2.05) is 84.9 Å². The lowest BCUT2D eigenvalue weighted by atomic mass is 9.97. The number of allylic oxidation sites excluding steroid dienone is 3. The van der Waals surface area contributed by atoms with Crippen molar-refractivity contribution in [3.63, 3.8) is 0 Å². The average molecular weight is 607 g/mol. The average Bonchev–Trinajstić information content (AvgIpc) is 3.35. The number of esters is 2. The Balaban J connectivity index is 1.42. The maximum Gasteiger partial charge on any atom is 0.331 e. The van der Waals surface area contributed by atoms with E-state index in [4.69, 9.17) is 9.47 Å². The van der Waals surface area contributed by atoms with Crippen molar-refractivity contribution < 1.29 is 33.8 Å². The van der Waals surface area contributed by atoms with Gasteiger partial charge in [-0.05, 0) is 42.0 Å². The molecule has 9 heteroatoms. The summed E-state index contributed by atoms with van der Waals surface area (Å²) in [6.07, 6.45) is 6.91. The molecule has 45 heavy (non-hydrogen) atoms. The first-order chi connectivity index (χ1) is 21.8. The number of hydrogen-bond donors (Lipinski definition) is 3. The van der Waals surface area contributed by atoms with Gasteiger partial charge in [-0.25, -0.2) is 4.79 Å². The molecule has 230 valence electrons. The summed E-state index contributed by atoms with van der Waals surface area (Å²) in [5.74, 6) is -3.60.